The molecule has 0 aliphatic heterocycles. The number of benzene rings is 1. The van der Waals surface area contributed by atoms with Crippen molar-refractivity contribution in [2.24, 2.45) is 0 Å². The van der Waals surface area contributed by atoms with Crippen molar-refractivity contribution in [3.05, 3.63) is 55.9 Å². The molecule has 0 saturated carbocycles. The van der Waals surface area contributed by atoms with E-state index >= 15 is 0 Å². The topological polar surface area (TPSA) is 107 Å². The number of aromatic nitrogens is 1. The van der Waals surface area contributed by atoms with Gasteiger partial charge in [0.05, 0.1) is 5.69 Å². The van der Waals surface area contributed by atoms with Crippen LogP contribution in [-0.2, 0) is 11.4 Å². The molecule has 2 heterocycles. The number of nitrogens with zero attached hydrogens (tertiary/aromatic N) is 1. The Labute approximate surface area is 186 Å². The summed E-state index contributed by atoms with van der Waals surface area (Å²) in [4.78, 5) is 25.9. The Morgan fingerprint density at radius 2 is 2.03 bits per heavy atom. The molecule has 1 aromatic carbocycles. The maximum atomic E-state index is 13.0. The number of carbonyl (C=O) groups excluding carboxylic acids is 2. The number of thiophene rings is 1. The highest BCUT2D eigenvalue weighted by Crippen LogP contribution is 2.31. The van der Waals surface area contributed by atoms with Crippen molar-refractivity contribution in [3.63, 3.8) is 0 Å². The summed E-state index contributed by atoms with van der Waals surface area (Å²) >= 11 is 5.40. The van der Waals surface area contributed by atoms with Crippen LogP contribution >= 0.6 is 22.9 Å². The van der Waals surface area contributed by atoms with Gasteiger partial charge < -0.3 is 14.4 Å². The van der Waals surface area contributed by atoms with Crippen LogP contribution in [-0.4, -0.2) is 21.4 Å². The fourth-order valence-corrected chi connectivity index (χ4v) is 5.07. The Kier molecular flexibility index (Phi) is 6.87. The lowest BCUT2D eigenvalue weighted by Gasteiger charge is -2.15. The third-order valence-corrected chi connectivity index (χ3v) is 6.95. The number of hydrogen-bond acceptors (Lipinski definition) is 7. The zero-order chi connectivity index (χ0) is 22.0. The number of anilines is 2. The van der Waals surface area contributed by atoms with E-state index in [0.717, 1.165) is 22.5 Å². The number of halogens is 1. The van der Waals surface area contributed by atoms with Gasteiger partial charge in [0.25, 0.3) is 11.8 Å². The van der Waals surface area contributed by atoms with Gasteiger partial charge in [-0.1, -0.05) is 29.7 Å². The predicted octanol–water partition coefficient (Wildman–Crippen LogP) is 5.29. The van der Waals surface area contributed by atoms with Crippen molar-refractivity contribution in [1.29, 1.82) is 0 Å². The van der Waals surface area contributed by atoms with E-state index in [1.807, 2.05) is 19.9 Å². The van der Waals surface area contributed by atoms with Crippen LogP contribution in [0.1, 0.15) is 50.2 Å². The monoisotopic (exact) mass is 465 g/mol. The zero-order valence-corrected chi connectivity index (χ0v) is 19.2. The summed E-state index contributed by atoms with van der Waals surface area (Å²) in [7, 11) is 0. The number of Topliss-reactive ketones (excluding diaryl/α,β-unsaturated/α-hetero) is 1. The fraction of sp³-hybridized carbons (Fsp3) is 0.250. The first-order valence-corrected chi connectivity index (χ1v) is 11.5. The molecule has 2 aromatic heterocycles. The first kappa shape index (κ1) is 22.4. The largest absolute Gasteiger partial charge is 0.588 e. The van der Waals surface area contributed by atoms with Crippen molar-refractivity contribution in [2.75, 3.05) is 10.0 Å². The Morgan fingerprint density at radius 3 is 2.67 bits per heavy atom. The minimum absolute atomic E-state index is 0.0651. The average molecular weight is 466 g/mol. The van der Waals surface area contributed by atoms with Gasteiger partial charge in [-0.15, -0.1) is 11.3 Å². The molecule has 2 N–H and O–H groups in total. The molecule has 1 amide bonds. The molecule has 158 valence electrons. The van der Waals surface area contributed by atoms with Gasteiger partial charge in [0.15, 0.2) is 10.7 Å². The Bertz CT molecular complexity index is 1110. The molecule has 1 unspecified atom stereocenters. The van der Waals surface area contributed by atoms with Gasteiger partial charge >= 0.3 is 0 Å². The SMILES string of the molecule is CCC(=O)c1cc(C)cc(C)c1NC(=O)c1sccc1[S+]([O-])Nc1onc(C)c1Cl. The maximum absolute atomic E-state index is 13.0. The number of aryl methyl sites for hydroxylation is 3. The molecular weight excluding hydrogens is 446 g/mol. The predicted molar refractivity (Wildman–Crippen MR) is 119 cm³/mol. The van der Waals surface area contributed by atoms with E-state index in [1.165, 1.54) is 0 Å². The van der Waals surface area contributed by atoms with E-state index in [0.29, 0.717) is 23.4 Å². The Hall–Kier alpha value is -2.33. The number of amides is 1. The summed E-state index contributed by atoms with van der Waals surface area (Å²) in [5.74, 6) is -0.452. The third-order valence-electron chi connectivity index (χ3n) is 4.35. The maximum Gasteiger partial charge on any atom is 0.284 e. The first-order valence-electron chi connectivity index (χ1n) is 9.06. The van der Waals surface area contributed by atoms with E-state index in [2.05, 4.69) is 15.2 Å². The number of carbonyl (C=O) groups is 2. The molecule has 0 saturated heterocycles. The summed E-state index contributed by atoms with van der Waals surface area (Å²) in [5.41, 5.74) is 3.10. The van der Waals surface area contributed by atoms with Gasteiger partial charge in [-0.05, 0) is 43.3 Å². The molecule has 7 nitrogen and oxygen atoms in total. The summed E-state index contributed by atoms with van der Waals surface area (Å²) in [6.45, 7) is 7.16. The molecule has 0 fully saturated rings. The number of hydrogen-bond donors (Lipinski definition) is 2. The lowest BCUT2D eigenvalue weighted by Crippen LogP contribution is -2.20. The minimum Gasteiger partial charge on any atom is -0.588 e. The van der Waals surface area contributed by atoms with Crippen molar-refractivity contribution in [1.82, 2.24) is 5.16 Å². The van der Waals surface area contributed by atoms with Gasteiger partial charge in [-0.25, -0.2) is 0 Å². The van der Waals surface area contributed by atoms with Crippen molar-refractivity contribution in [2.45, 2.75) is 39.0 Å². The molecule has 3 aromatic rings. The second kappa shape index (κ2) is 9.22. The molecule has 1 atom stereocenters. The highest BCUT2D eigenvalue weighted by molar-refractivity contribution is 7.93. The zero-order valence-electron chi connectivity index (χ0n) is 16.8. The molecular formula is C20H20ClN3O4S2. The molecule has 10 heteroatoms. The second-order valence-corrected chi connectivity index (χ2v) is 9.11. The number of ketones is 1. The van der Waals surface area contributed by atoms with E-state index in [-0.39, 0.29) is 26.5 Å². The van der Waals surface area contributed by atoms with Crippen molar-refractivity contribution < 1.29 is 18.7 Å². The lowest BCUT2D eigenvalue weighted by atomic mass is 9.99. The van der Waals surface area contributed by atoms with Crippen molar-refractivity contribution >= 4 is 57.6 Å². The highest BCUT2D eigenvalue weighted by atomic mass is 35.5. The van der Waals surface area contributed by atoms with Crippen LogP contribution in [0.25, 0.3) is 0 Å². The fourth-order valence-electron chi connectivity index (χ4n) is 2.88. The first-order chi connectivity index (χ1) is 14.2. The lowest BCUT2D eigenvalue weighted by molar-refractivity contribution is 0.0989. The Balaban J connectivity index is 1.87. The van der Waals surface area contributed by atoms with Gasteiger partial charge in [0.2, 0.25) is 4.90 Å². The smallest absolute Gasteiger partial charge is 0.284 e. The van der Waals surface area contributed by atoms with Gasteiger partial charge in [-0.3, -0.25) is 9.59 Å². The number of nitrogens with one attached hydrogen (secondary N) is 2. The summed E-state index contributed by atoms with van der Waals surface area (Å²) in [6.07, 6.45) is 0.321. The average Bonchev–Trinajstić information content (AvgIpc) is 3.32. The normalized spacial score (nSPS) is 11.9. The van der Waals surface area contributed by atoms with Crippen LogP contribution in [0, 0.1) is 20.8 Å². The summed E-state index contributed by atoms with van der Waals surface area (Å²) in [6, 6.07) is 5.24. The molecule has 3 rings (SSSR count). The standard InChI is InChI=1S/C20H20ClN3O4S2/c1-5-14(25)13-9-10(2)8-11(3)17(13)22-19(26)18-15(6-7-29-18)30(27)24-20-16(21)12(4)23-28-20/h6-9,24H,5H2,1-4H3,(H,22,26). The van der Waals surface area contributed by atoms with E-state index in [1.54, 1.807) is 31.4 Å². The second-order valence-electron chi connectivity index (χ2n) is 6.63. The number of rotatable bonds is 7. The molecule has 0 aliphatic rings. The van der Waals surface area contributed by atoms with E-state index in [9.17, 15) is 14.1 Å². The van der Waals surface area contributed by atoms with Crippen LogP contribution in [0.15, 0.2) is 33.0 Å². The summed E-state index contributed by atoms with van der Waals surface area (Å²) < 4.78 is 20.4. The van der Waals surface area contributed by atoms with E-state index in [4.69, 9.17) is 16.1 Å². The molecule has 0 bridgehead atoms. The Morgan fingerprint density at radius 1 is 1.30 bits per heavy atom. The molecule has 0 spiro atoms. The molecule has 0 aliphatic carbocycles. The van der Waals surface area contributed by atoms with Crippen LogP contribution < -0.4 is 10.0 Å². The quantitative estimate of drug-likeness (QED) is 0.362. The molecule has 30 heavy (non-hydrogen) atoms. The third kappa shape index (κ3) is 4.54. The van der Waals surface area contributed by atoms with E-state index < -0.39 is 17.3 Å². The highest BCUT2D eigenvalue weighted by Gasteiger charge is 2.27. The molecule has 0 radical (unpaired) electrons. The van der Waals surface area contributed by atoms with Crippen LogP contribution in [0.2, 0.25) is 5.02 Å². The van der Waals surface area contributed by atoms with Gasteiger partial charge in [0, 0.05) is 18.1 Å². The van der Waals surface area contributed by atoms with Crippen LogP contribution in [0.4, 0.5) is 11.6 Å². The van der Waals surface area contributed by atoms with Crippen LogP contribution in [0.3, 0.4) is 0 Å². The summed E-state index contributed by atoms with van der Waals surface area (Å²) in [5, 5.41) is 8.42. The van der Waals surface area contributed by atoms with Crippen molar-refractivity contribution in [3.8, 4) is 0 Å². The van der Waals surface area contributed by atoms with Gasteiger partial charge in [0.1, 0.15) is 22.1 Å². The van der Waals surface area contributed by atoms with Gasteiger partial charge in [-0.2, -0.15) is 4.72 Å². The minimum atomic E-state index is -1.80. The van der Waals surface area contributed by atoms with Crippen LogP contribution in [0.5, 0.6) is 0 Å².